The highest BCUT2D eigenvalue weighted by molar-refractivity contribution is 7.98. The lowest BCUT2D eigenvalue weighted by molar-refractivity contribution is -0.137. The number of fused-ring (bicyclic) bond motifs is 1. The van der Waals surface area contributed by atoms with E-state index >= 15 is 0 Å². The Morgan fingerprint density at radius 3 is 2.39 bits per heavy atom. The topological polar surface area (TPSA) is 46.9 Å². The van der Waals surface area contributed by atoms with Crippen molar-refractivity contribution in [3.05, 3.63) is 90.0 Å². The number of benzene rings is 3. The Kier molecular flexibility index (Phi) is 5.99. The molecule has 1 heterocycles. The molecule has 158 valence electrons. The van der Waals surface area contributed by atoms with Crippen LogP contribution in [0.3, 0.4) is 0 Å². The van der Waals surface area contributed by atoms with Crippen molar-refractivity contribution >= 4 is 34.4 Å². The van der Waals surface area contributed by atoms with E-state index in [0.29, 0.717) is 10.9 Å². The average Bonchev–Trinajstić information content (AvgIpc) is 3.10. The van der Waals surface area contributed by atoms with Crippen LogP contribution in [0.15, 0.2) is 84.0 Å². The Balaban J connectivity index is 1.58. The van der Waals surface area contributed by atoms with Gasteiger partial charge in [0.25, 0.3) is 0 Å². The Morgan fingerprint density at radius 2 is 1.61 bits per heavy atom. The number of anilines is 1. The van der Waals surface area contributed by atoms with Crippen molar-refractivity contribution in [2.24, 2.45) is 0 Å². The monoisotopic (exact) mass is 441 g/mol. The van der Waals surface area contributed by atoms with Crippen LogP contribution in [0.25, 0.3) is 11.0 Å². The Hall–Kier alpha value is -3.26. The minimum absolute atomic E-state index is 0.149. The molecule has 4 aromatic rings. The van der Waals surface area contributed by atoms with Crippen molar-refractivity contribution in [2.45, 2.75) is 23.6 Å². The molecule has 4 rings (SSSR count). The van der Waals surface area contributed by atoms with Crippen LogP contribution in [-0.4, -0.2) is 15.5 Å². The van der Waals surface area contributed by atoms with E-state index in [0.717, 1.165) is 22.7 Å². The van der Waals surface area contributed by atoms with Crippen LogP contribution in [0.4, 0.5) is 18.9 Å². The number of carbonyl (C=O) groups is 1. The molecule has 8 heteroatoms. The number of hydrogen-bond acceptors (Lipinski definition) is 3. The number of imidazole rings is 1. The van der Waals surface area contributed by atoms with Gasteiger partial charge in [0.15, 0.2) is 5.16 Å². The molecule has 0 saturated carbocycles. The maximum atomic E-state index is 13.2. The zero-order valence-corrected chi connectivity index (χ0v) is 17.1. The molecule has 4 nitrogen and oxygen atoms in total. The summed E-state index contributed by atoms with van der Waals surface area (Å²) < 4.78 is 41.5. The Morgan fingerprint density at radius 1 is 0.935 bits per heavy atom. The normalized spacial score (nSPS) is 11.6. The van der Waals surface area contributed by atoms with E-state index in [1.807, 2.05) is 54.6 Å². The van der Waals surface area contributed by atoms with Gasteiger partial charge in [0.2, 0.25) is 5.91 Å². The van der Waals surface area contributed by atoms with Gasteiger partial charge in [-0.15, -0.1) is 0 Å². The summed E-state index contributed by atoms with van der Waals surface area (Å²) in [7, 11) is 0. The molecule has 0 spiro atoms. The summed E-state index contributed by atoms with van der Waals surface area (Å²) in [5, 5.41) is 3.03. The number of nitrogens with zero attached hydrogens (tertiary/aromatic N) is 2. The minimum Gasteiger partial charge on any atom is -0.324 e. The molecular weight excluding hydrogens is 423 g/mol. The number of thioether (sulfide) groups is 1. The van der Waals surface area contributed by atoms with Crippen LogP contribution >= 0.6 is 11.8 Å². The van der Waals surface area contributed by atoms with E-state index in [4.69, 9.17) is 0 Å². The largest absolute Gasteiger partial charge is 0.418 e. The second-order valence-corrected chi connectivity index (χ2v) is 7.78. The number of hydrogen-bond donors (Lipinski definition) is 1. The molecule has 0 aliphatic rings. The van der Waals surface area contributed by atoms with E-state index < -0.39 is 17.6 Å². The second kappa shape index (κ2) is 8.85. The zero-order valence-electron chi connectivity index (χ0n) is 16.3. The molecule has 3 aromatic carbocycles. The van der Waals surface area contributed by atoms with E-state index in [1.165, 1.54) is 30.0 Å². The fraction of sp³-hybridized carbons (Fsp3) is 0.130. The maximum Gasteiger partial charge on any atom is 0.418 e. The third kappa shape index (κ3) is 4.91. The number of amides is 1. The lowest BCUT2D eigenvalue weighted by Crippen LogP contribution is -2.21. The molecule has 0 aliphatic heterocycles. The molecule has 0 radical (unpaired) electrons. The lowest BCUT2D eigenvalue weighted by atomic mass is 10.1. The van der Waals surface area contributed by atoms with Crippen LogP contribution in [-0.2, 0) is 23.3 Å². The summed E-state index contributed by atoms with van der Waals surface area (Å²) in [6, 6.07) is 22.2. The van der Waals surface area contributed by atoms with Gasteiger partial charge in [0.05, 0.1) is 22.3 Å². The fourth-order valence-electron chi connectivity index (χ4n) is 3.21. The number of carbonyl (C=O) groups excluding carboxylic acids is 1. The summed E-state index contributed by atoms with van der Waals surface area (Å²) in [5.41, 5.74) is 1.44. The Labute approximate surface area is 181 Å². The molecular formula is C23H18F3N3OS. The minimum atomic E-state index is -4.55. The quantitative estimate of drug-likeness (QED) is 0.374. The second-order valence-electron chi connectivity index (χ2n) is 6.84. The first kappa shape index (κ1) is 21.0. The molecule has 0 fully saturated rings. The SMILES string of the molecule is O=C(Cn1c(SCc2ccccc2)nc2ccccc21)Nc1ccccc1C(F)(F)F. The number of rotatable bonds is 6. The smallest absolute Gasteiger partial charge is 0.324 e. The van der Waals surface area contributed by atoms with Crippen LogP contribution in [0.5, 0.6) is 0 Å². The molecule has 0 aliphatic carbocycles. The predicted molar refractivity (Wildman–Crippen MR) is 116 cm³/mol. The van der Waals surface area contributed by atoms with Crippen molar-refractivity contribution < 1.29 is 18.0 Å². The summed E-state index contributed by atoms with van der Waals surface area (Å²) >= 11 is 1.47. The molecule has 0 saturated heterocycles. The summed E-state index contributed by atoms with van der Waals surface area (Å²) in [5.74, 6) is 0.101. The van der Waals surface area contributed by atoms with Gasteiger partial charge in [-0.25, -0.2) is 4.98 Å². The number of alkyl halides is 3. The third-order valence-electron chi connectivity index (χ3n) is 4.64. The molecule has 0 atom stereocenters. The first-order valence-corrected chi connectivity index (χ1v) is 10.5. The van der Waals surface area contributed by atoms with Gasteiger partial charge in [0.1, 0.15) is 6.54 Å². The molecule has 1 N–H and O–H groups in total. The Bertz CT molecular complexity index is 1210. The van der Waals surface area contributed by atoms with Gasteiger partial charge in [-0.1, -0.05) is 66.4 Å². The molecule has 1 amide bonds. The van der Waals surface area contributed by atoms with Crippen molar-refractivity contribution in [1.82, 2.24) is 9.55 Å². The summed E-state index contributed by atoms with van der Waals surface area (Å²) in [6.45, 7) is -0.149. The van der Waals surface area contributed by atoms with E-state index in [-0.39, 0.29) is 12.2 Å². The van der Waals surface area contributed by atoms with Crippen LogP contribution < -0.4 is 5.32 Å². The van der Waals surface area contributed by atoms with Crippen LogP contribution in [0.1, 0.15) is 11.1 Å². The number of para-hydroxylation sites is 3. The van der Waals surface area contributed by atoms with Gasteiger partial charge in [-0.05, 0) is 29.8 Å². The molecule has 0 unspecified atom stereocenters. The highest BCUT2D eigenvalue weighted by Gasteiger charge is 2.33. The third-order valence-corrected chi connectivity index (χ3v) is 5.69. The number of aromatic nitrogens is 2. The number of halogens is 3. The predicted octanol–water partition coefficient (Wildman–Crippen LogP) is 5.99. The van der Waals surface area contributed by atoms with Gasteiger partial charge in [0, 0.05) is 5.75 Å². The van der Waals surface area contributed by atoms with Crippen LogP contribution in [0, 0.1) is 0 Å². The maximum absolute atomic E-state index is 13.2. The van der Waals surface area contributed by atoms with E-state index in [1.54, 1.807) is 4.57 Å². The van der Waals surface area contributed by atoms with Crippen LogP contribution in [0.2, 0.25) is 0 Å². The fourth-order valence-corrected chi connectivity index (χ4v) is 4.18. The number of nitrogens with one attached hydrogen (secondary N) is 1. The van der Waals surface area contributed by atoms with Crippen molar-refractivity contribution in [3.63, 3.8) is 0 Å². The molecule has 31 heavy (non-hydrogen) atoms. The zero-order chi connectivity index (χ0) is 21.8. The highest BCUT2D eigenvalue weighted by atomic mass is 32.2. The van der Waals surface area contributed by atoms with E-state index in [2.05, 4.69) is 10.3 Å². The van der Waals surface area contributed by atoms with Gasteiger partial charge >= 0.3 is 6.18 Å². The van der Waals surface area contributed by atoms with Crippen molar-refractivity contribution in [2.75, 3.05) is 5.32 Å². The summed E-state index contributed by atoms with van der Waals surface area (Å²) in [4.78, 5) is 17.3. The first-order valence-electron chi connectivity index (χ1n) is 9.50. The van der Waals surface area contributed by atoms with Gasteiger partial charge in [-0.2, -0.15) is 13.2 Å². The van der Waals surface area contributed by atoms with E-state index in [9.17, 15) is 18.0 Å². The average molecular weight is 441 g/mol. The van der Waals surface area contributed by atoms with Gasteiger partial charge < -0.3 is 9.88 Å². The van der Waals surface area contributed by atoms with Crippen molar-refractivity contribution in [1.29, 1.82) is 0 Å². The molecule has 0 bridgehead atoms. The highest BCUT2D eigenvalue weighted by Crippen LogP contribution is 2.34. The first-order chi connectivity index (χ1) is 14.9. The standard InChI is InChI=1S/C23H18F3N3OS/c24-23(25,26)17-10-4-5-11-18(17)27-21(30)14-29-20-13-7-6-12-19(20)28-22(29)31-15-16-8-2-1-3-9-16/h1-13H,14-15H2,(H,27,30). The van der Waals surface area contributed by atoms with Gasteiger partial charge in [-0.3, -0.25) is 4.79 Å². The van der Waals surface area contributed by atoms with Crippen molar-refractivity contribution in [3.8, 4) is 0 Å². The lowest BCUT2D eigenvalue weighted by Gasteiger charge is -2.14. The molecule has 1 aromatic heterocycles. The summed E-state index contributed by atoms with van der Waals surface area (Å²) in [6.07, 6.45) is -4.55.